The zero-order valence-corrected chi connectivity index (χ0v) is 16.3. The van der Waals surface area contributed by atoms with Crippen LogP contribution >= 0.6 is 0 Å². The van der Waals surface area contributed by atoms with E-state index in [-0.39, 0.29) is 0 Å². The van der Waals surface area contributed by atoms with E-state index in [0.717, 1.165) is 12.7 Å². The van der Waals surface area contributed by atoms with E-state index in [9.17, 15) is 0 Å². The molecule has 20 heavy (non-hydrogen) atoms. The van der Waals surface area contributed by atoms with Gasteiger partial charge in [0.1, 0.15) is 0 Å². The Morgan fingerprint density at radius 1 is 1.20 bits per heavy atom. The molecule has 1 aromatic carbocycles. The summed E-state index contributed by atoms with van der Waals surface area (Å²) in [6, 6.07) is 11.6. The highest BCUT2D eigenvalue weighted by Crippen LogP contribution is 2.27. The van der Waals surface area contributed by atoms with E-state index in [2.05, 4.69) is 57.0 Å². The van der Waals surface area contributed by atoms with Crippen molar-refractivity contribution in [2.75, 3.05) is 6.61 Å². The maximum atomic E-state index is 6.68. The largest absolute Gasteiger partial charge is 0.436 e. The van der Waals surface area contributed by atoms with Crippen LogP contribution in [0.25, 0.3) is 0 Å². The third kappa shape index (κ3) is 4.64. The minimum absolute atomic E-state index is 0.432. The maximum absolute atomic E-state index is 6.68. The van der Waals surface area contributed by atoms with Crippen LogP contribution in [0, 0.1) is 0 Å². The topological polar surface area (TPSA) is 31.0 Å². The summed E-state index contributed by atoms with van der Waals surface area (Å²) in [6.45, 7) is 12.1. The lowest BCUT2D eigenvalue weighted by Crippen LogP contribution is -2.58. The first-order valence-corrected chi connectivity index (χ1v) is 15.6. The highest BCUT2D eigenvalue weighted by atomic mass is 28.5. The average Bonchev–Trinajstić information content (AvgIpc) is 3.11. The van der Waals surface area contributed by atoms with Crippen LogP contribution in [0.15, 0.2) is 30.3 Å². The van der Waals surface area contributed by atoms with Gasteiger partial charge in [-0.2, -0.15) is 0 Å². The molecule has 1 aromatic rings. The highest BCUT2D eigenvalue weighted by molar-refractivity contribution is 6.92. The standard InChI is InChI=1S/C14H26O3Si3/c1-18(2)16-20(5,14-9-7-6-8-10-14)17-19(3,4)12-13-11-15-13/h6-10,13,18H,11-12H2,1-5H3. The third-order valence-corrected chi connectivity index (χ3v) is 13.6. The molecule has 1 fully saturated rings. The van der Waals surface area contributed by atoms with Crippen molar-refractivity contribution >= 4 is 31.1 Å². The van der Waals surface area contributed by atoms with Gasteiger partial charge < -0.3 is 13.0 Å². The fourth-order valence-corrected chi connectivity index (χ4v) is 14.6. The first-order valence-electron chi connectivity index (χ1n) is 7.36. The second-order valence-electron chi connectivity index (χ2n) is 6.50. The van der Waals surface area contributed by atoms with Gasteiger partial charge in [0.05, 0.1) is 12.7 Å². The molecule has 0 N–H and O–H groups in total. The van der Waals surface area contributed by atoms with Gasteiger partial charge in [-0.1, -0.05) is 30.3 Å². The Morgan fingerprint density at radius 3 is 2.30 bits per heavy atom. The van der Waals surface area contributed by atoms with Gasteiger partial charge in [0.25, 0.3) is 0 Å². The molecule has 0 aromatic heterocycles. The summed E-state index contributed by atoms with van der Waals surface area (Å²) in [6.07, 6.45) is 0.432. The van der Waals surface area contributed by atoms with Crippen LogP contribution in [0.4, 0.5) is 0 Å². The summed E-state index contributed by atoms with van der Waals surface area (Å²) in [5.41, 5.74) is 0. The summed E-state index contributed by atoms with van der Waals surface area (Å²) in [5.74, 6) is 0. The van der Waals surface area contributed by atoms with Crippen molar-refractivity contribution < 1.29 is 13.0 Å². The Kier molecular flexibility index (Phi) is 5.04. The van der Waals surface area contributed by atoms with Gasteiger partial charge in [0.2, 0.25) is 0 Å². The van der Waals surface area contributed by atoms with Gasteiger partial charge in [0.15, 0.2) is 17.4 Å². The summed E-state index contributed by atoms with van der Waals surface area (Å²) in [5, 5.41) is 1.25. The smallest absolute Gasteiger partial charge is 0.348 e. The van der Waals surface area contributed by atoms with Crippen LogP contribution in [0.3, 0.4) is 0 Å². The molecular weight excluding hydrogens is 300 g/mol. The first kappa shape index (κ1) is 16.1. The monoisotopic (exact) mass is 326 g/mol. The molecule has 1 saturated heterocycles. The van der Waals surface area contributed by atoms with E-state index in [1.54, 1.807) is 0 Å². The Balaban J connectivity index is 2.17. The van der Waals surface area contributed by atoms with Crippen molar-refractivity contribution in [2.24, 2.45) is 0 Å². The van der Waals surface area contributed by atoms with Crippen molar-refractivity contribution in [1.82, 2.24) is 0 Å². The van der Waals surface area contributed by atoms with Gasteiger partial charge in [-0.25, -0.2) is 0 Å². The molecule has 0 spiro atoms. The quantitative estimate of drug-likeness (QED) is 0.570. The molecule has 0 aliphatic carbocycles. The second kappa shape index (κ2) is 6.25. The number of benzene rings is 1. The minimum Gasteiger partial charge on any atom is -0.436 e. The fraction of sp³-hybridized carbons (Fsp3) is 0.571. The highest BCUT2D eigenvalue weighted by Gasteiger charge is 2.43. The van der Waals surface area contributed by atoms with E-state index < -0.39 is 25.9 Å². The van der Waals surface area contributed by atoms with Gasteiger partial charge in [0, 0.05) is 0 Å². The third-order valence-electron chi connectivity index (χ3n) is 3.35. The summed E-state index contributed by atoms with van der Waals surface area (Å²) < 4.78 is 18.5. The lowest BCUT2D eigenvalue weighted by atomic mass is 10.4. The Morgan fingerprint density at radius 2 is 1.80 bits per heavy atom. The molecule has 0 radical (unpaired) electrons. The van der Waals surface area contributed by atoms with Crippen LogP contribution < -0.4 is 5.19 Å². The molecular formula is C14H26O3Si3. The molecule has 112 valence electrons. The number of hydrogen-bond donors (Lipinski definition) is 0. The zero-order chi connectivity index (χ0) is 14.8. The fourth-order valence-electron chi connectivity index (χ4n) is 2.64. The van der Waals surface area contributed by atoms with E-state index in [4.69, 9.17) is 13.0 Å². The van der Waals surface area contributed by atoms with Crippen molar-refractivity contribution in [2.45, 2.75) is 44.9 Å². The second-order valence-corrected chi connectivity index (χ2v) is 16.8. The van der Waals surface area contributed by atoms with Crippen LogP contribution in [-0.4, -0.2) is 38.6 Å². The lowest BCUT2D eigenvalue weighted by molar-refractivity contribution is 0.390. The molecule has 1 aliphatic heterocycles. The maximum Gasteiger partial charge on any atom is 0.348 e. The Bertz CT molecular complexity index is 435. The Hall–Kier alpha value is -0.249. The molecule has 0 saturated carbocycles. The number of ether oxygens (including phenoxy) is 1. The lowest BCUT2D eigenvalue weighted by Gasteiger charge is -2.37. The molecule has 2 rings (SSSR count). The average molecular weight is 327 g/mol. The molecule has 2 unspecified atom stereocenters. The number of epoxide rings is 1. The van der Waals surface area contributed by atoms with Crippen LogP contribution in [-0.2, 0) is 13.0 Å². The van der Waals surface area contributed by atoms with Crippen LogP contribution in [0.1, 0.15) is 0 Å². The van der Waals surface area contributed by atoms with Crippen molar-refractivity contribution in [1.29, 1.82) is 0 Å². The van der Waals surface area contributed by atoms with Gasteiger partial charge in [-0.05, 0) is 44.0 Å². The Labute approximate surface area is 126 Å². The van der Waals surface area contributed by atoms with Gasteiger partial charge in [-0.3, -0.25) is 0 Å². The molecule has 6 heteroatoms. The molecule has 1 aliphatic rings. The predicted molar refractivity (Wildman–Crippen MR) is 90.8 cm³/mol. The summed E-state index contributed by atoms with van der Waals surface area (Å²) >= 11 is 0. The van der Waals surface area contributed by atoms with Crippen LogP contribution in [0.2, 0.25) is 38.8 Å². The van der Waals surface area contributed by atoms with Gasteiger partial charge in [-0.15, -0.1) is 0 Å². The molecule has 2 atom stereocenters. The normalized spacial score (nSPS) is 21.8. The van der Waals surface area contributed by atoms with E-state index in [0.29, 0.717) is 6.10 Å². The zero-order valence-electron chi connectivity index (χ0n) is 13.2. The van der Waals surface area contributed by atoms with Crippen molar-refractivity contribution in [3.8, 4) is 0 Å². The number of hydrogen-bond acceptors (Lipinski definition) is 3. The van der Waals surface area contributed by atoms with Crippen molar-refractivity contribution in [3.63, 3.8) is 0 Å². The van der Waals surface area contributed by atoms with Crippen LogP contribution in [0.5, 0.6) is 0 Å². The molecule has 3 nitrogen and oxygen atoms in total. The van der Waals surface area contributed by atoms with E-state index >= 15 is 0 Å². The summed E-state index contributed by atoms with van der Waals surface area (Å²) in [7, 11) is -5.20. The molecule has 1 heterocycles. The minimum atomic E-state index is -2.30. The SMILES string of the molecule is C[SiH](C)O[Si](C)(O[Si](C)(C)CC1CO1)c1ccccc1. The molecule has 0 bridgehead atoms. The number of rotatable bonds is 7. The predicted octanol–water partition coefficient (Wildman–Crippen LogP) is 2.59. The summed E-state index contributed by atoms with van der Waals surface area (Å²) in [4.78, 5) is 0. The van der Waals surface area contributed by atoms with E-state index in [1.165, 1.54) is 5.19 Å². The van der Waals surface area contributed by atoms with Gasteiger partial charge >= 0.3 is 8.56 Å². The van der Waals surface area contributed by atoms with E-state index in [1.807, 2.05) is 6.07 Å². The molecule has 0 amide bonds. The van der Waals surface area contributed by atoms with Crippen molar-refractivity contribution in [3.05, 3.63) is 30.3 Å². The first-order chi connectivity index (χ1) is 9.31.